The summed E-state index contributed by atoms with van der Waals surface area (Å²) < 4.78 is 6.36. The second-order valence-corrected chi connectivity index (χ2v) is 6.21. The number of rotatable bonds is 10. The van der Waals surface area contributed by atoms with Crippen LogP contribution in [-0.4, -0.2) is 28.8 Å². The van der Waals surface area contributed by atoms with Gasteiger partial charge in [-0.25, -0.2) is 0 Å². The number of ether oxygens (including phenoxy) is 1. The zero-order valence-corrected chi connectivity index (χ0v) is 15.1. The molecule has 0 unspecified atom stereocenters. The van der Waals surface area contributed by atoms with Crippen LogP contribution in [-0.2, 0) is 20.9 Å². The quantitative estimate of drug-likeness (QED) is 0.386. The summed E-state index contributed by atoms with van der Waals surface area (Å²) in [5, 5.41) is 7.12. The first kappa shape index (κ1) is 19.5. The van der Waals surface area contributed by atoms with Gasteiger partial charge in [0.1, 0.15) is 0 Å². The SMILES string of the molecule is COC(=O)CCCCCCC(=O)Nc1cnn(Cc2ccc(N)cc2)c1. The fourth-order valence-electron chi connectivity index (χ4n) is 2.56. The van der Waals surface area contributed by atoms with E-state index in [1.54, 1.807) is 10.9 Å². The number of nitrogen functional groups attached to an aromatic ring is 1. The number of nitrogens with two attached hydrogens (primary N) is 1. The molecule has 0 aliphatic rings. The lowest BCUT2D eigenvalue weighted by molar-refractivity contribution is -0.140. The predicted molar refractivity (Wildman–Crippen MR) is 101 cm³/mol. The van der Waals surface area contributed by atoms with E-state index in [1.165, 1.54) is 7.11 Å². The van der Waals surface area contributed by atoms with Gasteiger partial charge in [0.25, 0.3) is 0 Å². The van der Waals surface area contributed by atoms with Crippen LogP contribution in [0.15, 0.2) is 36.7 Å². The van der Waals surface area contributed by atoms with Crippen molar-refractivity contribution < 1.29 is 14.3 Å². The number of amides is 1. The Labute approximate surface area is 153 Å². The minimum Gasteiger partial charge on any atom is -0.469 e. The van der Waals surface area contributed by atoms with Gasteiger partial charge in [-0.15, -0.1) is 0 Å². The van der Waals surface area contributed by atoms with E-state index in [0.717, 1.165) is 36.9 Å². The molecule has 0 aliphatic heterocycles. The molecule has 140 valence electrons. The summed E-state index contributed by atoms with van der Waals surface area (Å²) in [4.78, 5) is 23.0. The van der Waals surface area contributed by atoms with Crippen LogP contribution in [0.25, 0.3) is 0 Å². The van der Waals surface area contributed by atoms with Crippen LogP contribution in [0.4, 0.5) is 11.4 Å². The number of anilines is 2. The van der Waals surface area contributed by atoms with Crippen molar-refractivity contribution in [2.24, 2.45) is 0 Å². The Morgan fingerprint density at radius 2 is 1.81 bits per heavy atom. The van der Waals surface area contributed by atoms with Gasteiger partial charge in [-0.3, -0.25) is 14.3 Å². The van der Waals surface area contributed by atoms with Gasteiger partial charge in [-0.1, -0.05) is 25.0 Å². The van der Waals surface area contributed by atoms with Gasteiger partial charge in [0, 0.05) is 24.7 Å². The van der Waals surface area contributed by atoms with Crippen LogP contribution >= 0.6 is 0 Å². The maximum atomic E-state index is 12.0. The highest BCUT2D eigenvalue weighted by molar-refractivity contribution is 5.90. The minimum atomic E-state index is -0.182. The number of unbranched alkanes of at least 4 members (excludes halogenated alkanes) is 3. The fraction of sp³-hybridized carbons (Fsp3) is 0.421. The van der Waals surface area contributed by atoms with Crippen molar-refractivity contribution in [3.8, 4) is 0 Å². The van der Waals surface area contributed by atoms with Crippen molar-refractivity contribution in [2.75, 3.05) is 18.2 Å². The third kappa shape index (κ3) is 6.96. The summed E-state index contributed by atoms with van der Waals surface area (Å²) >= 11 is 0. The van der Waals surface area contributed by atoms with Crippen LogP contribution in [0.3, 0.4) is 0 Å². The largest absolute Gasteiger partial charge is 0.469 e. The summed E-state index contributed by atoms with van der Waals surface area (Å²) in [6.45, 7) is 0.621. The number of esters is 1. The van der Waals surface area contributed by atoms with Gasteiger partial charge in [-0.2, -0.15) is 5.10 Å². The third-order valence-electron chi connectivity index (χ3n) is 4.00. The minimum absolute atomic E-state index is 0.0231. The van der Waals surface area contributed by atoms with E-state index in [9.17, 15) is 9.59 Å². The Hall–Kier alpha value is -2.83. The first-order valence-electron chi connectivity index (χ1n) is 8.80. The molecule has 1 aromatic heterocycles. The Bertz CT molecular complexity index is 710. The first-order chi connectivity index (χ1) is 12.6. The number of carbonyl (C=O) groups is 2. The maximum absolute atomic E-state index is 12.0. The monoisotopic (exact) mass is 358 g/mol. The molecular formula is C19H26N4O3. The fourth-order valence-corrected chi connectivity index (χ4v) is 2.56. The van der Waals surface area contributed by atoms with E-state index >= 15 is 0 Å². The molecule has 7 nitrogen and oxygen atoms in total. The Morgan fingerprint density at radius 3 is 2.50 bits per heavy atom. The summed E-state index contributed by atoms with van der Waals surface area (Å²) in [6, 6.07) is 7.62. The topological polar surface area (TPSA) is 99.2 Å². The molecule has 0 bridgehead atoms. The number of carbonyl (C=O) groups excluding carboxylic acids is 2. The van der Waals surface area contributed by atoms with Gasteiger partial charge < -0.3 is 15.8 Å². The van der Waals surface area contributed by atoms with E-state index in [4.69, 9.17) is 5.73 Å². The van der Waals surface area contributed by atoms with Crippen molar-refractivity contribution >= 4 is 23.3 Å². The van der Waals surface area contributed by atoms with E-state index in [-0.39, 0.29) is 11.9 Å². The zero-order valence-electron chi connectivity index (χ0n) is 15.1. The molecule has 3 N–H and O–H groups in total. The Morgan fingerprint density at radius 1 is 1.12 bits per heavy atom. The van der Waals surface area contributed by atoms with Crippen LogP contribution in [0.1, 0.15) is 44.1 Å². The van der Waals surface area contributed by atoms with Crippen molar-refractivity contribution in [2.45, 2.75) is 45.1 Å². The standard InChI is InChI=1S/C19H26N4O3/c1-26-19(25)7-5-3-2-4-6-18(24)22-17-12-21-23(14-17)13-15-8-10-16(20)11-9-15/h8-12,14H,2-7,13,20H2,1H3,(H,22,24). The highest BCUT2D eigenvalue weighted by atomic mass is 16.5. The van der Waals surface area contributed by atoms with Crippen LogP contribution in [0.2, 0.25) is 0 Å². The molecule has 0 radical (unpaired) electrons. The molecule has 0 saturated heterocycles. The normalized spacial score (nSPS) is 10.5. The van der Waals surface area contributed by atoms with Crippen LogP contribution in [0.5, 0.6) is 0 Å². The smallest absolute Gasteiger partial charge is 0.305 e. The number of hydrogen-bond donors (Lipinski definition) is 2. The Kier molecular flexibility index (Phi) is 7.67. The molecule has 1 amide bonds. The van der Waals surface area contributed by atoms with Crippen molar-refractivity contribution in [1.29, 1.82) is 0 Å². The van der Waals surface area contributed by atoms with Crippen molar-refractivity contribution in [1.82, 2.24) is 9.78 Å². The Balaban J connectivity index is 1.65. The number of nitrogens with zero attached hydrogens (tertiary/aromatic N) is 2. The van der Waals surface area contributed by atoms with Crippen molar-refractivity contribution in [3.05, 3.63) is 42.2 Å². The lowest BCUT2D eigenvalue weighted by Gasteiger charge is -2.04. The molecule has 0 saturated carbocycles. The highest BCUT2D eigenvalue weighted by Gasteiger charge is 2.06. The lowest BCUT2D eigenvalue weighted by atomic mass is 10.1. The second kappa shape index (κ2) is 10.2. The number of benzene rings is 1. The molecule has 2 rings (SSSR count). The van der Waals surface area contributed by atoms with Gasteiger partial charge in [0.15, 0.2) is 0 Å². The summed E-state index contributed by atoms with van der Waals surface area (Å²) in [7, 11) is 1.39. The van der Waals surface area contributed by atoms with Crippen molar-refractivity contribution in [3.63, 3.8) is 0 Å². The molecule has 1 heterocycles. The average Bonchev–Trinajstić information content (AvgIpc) is 3.06. The lowest BCUT2D eigenvalue weighted by Crippen LogP contribution is -2.10. The number of nitrogens with one attached hydrogen (secondary N) is 1. The van der Waals surface area contributed by atoms with Gasteiger partial charge in [0.2, 0.25) is 5.91 Å². The molecule has 0 atom stereocenters. The van der Waals surface area contributed by atoms with E-state index < -0.39 is 0 Å². The molecule has 2 aromatic rings. The van der Waals surface area contributed by atoms with Gasteiger partial charge in [0.05, 0.1) is 25.5 Å². The summed E-state index contributed by atoms with van der Waals surface area (Å²) in [6.07, 6.45) is 7.79. The third-order valence-corrected chi connectivity index (χ3v) is 4.00. The molecule has 7 heteroatoms. The molecule has 0 aliphatic carbocycles. The number of hydrogen-bond acceptors (Lipinski definition) is 5. The highest BCUT2D eigenvalue weighted by Crippen LogP contribution is 2.11. The molecular weight excluding hydrogens is 332 g/mol. The van der Waals surface area contributed by atoms with E-state index in [2.05, 4.69) is 15.2 Å². The maximum Gasteiger partial charge on any atom is 0.305 e. The summed E-state index contributed by atoms with van der Waals surface area (Å²) in [5.41, 5.74) is 8.18. The first-order valence-corrected chi connectivity index (χ1v) is 8.80. The molecule has 0 spiro atoms. The predicted octanol–water partition coefficient (Wildman–Crippen LogP) is 2.97. The van der Waals surface area contributed by atoms with E-state index in [1.807, 2.05) is 30.5 Å². The molecule has 1 aromatic carbocycles. The summed E-state index contributed by atoms with van der Waals surface area (Å²) in [5.74, 6) is -0.205. The molecule has 26 heavy (non-hydrogen) atoms. The second-order valence-electron chi connectivity index (χ2n) is 6.21. The molecule has 0 fully saturated rings. The van der Waals surface area contributed by atoms with E-state index in [0.29, 0.717) is 25.1 Å². The van der Waals surface area contributed by atoms with Gasteiger partial charge in [-0.05, 0) is 30.5 Å². The number of aromatic nitrogens is 2. The average molecular weight is 358 g/mol. The number of methoxy groups -OCH3 is 1. The van der Waals surface area contributed by atoms with Crippen LogP contribution < -0.4 is 11.1 Å². The zero-order chi connectivity index (χ0) is 18.8. The van der Waals surface area contributed by atoms with Gasteiger partial charge >= 0.3 is 5.97 Å². The van der Waals surface area contributed by atoms with Crippen LogP contribution in [0, 0.1) is 0 Å².